The van der Waals surface area contributed by atoms with Crippen molar-refractivity contribution >= 4 is 38.7 Å². The molecule has 2 aromatic carbocycles. The Kier molecular flexibility index (Phi) is 6.26. The summed E-state index contributed by atoms with van der Waals surface area (Å²) < 4.78 is 31.6. The lowest BCUT2D eigenvalue weighted by molar-refractivity contribution is -0.118. The molecule has 0 radical (unpaired) electrons. The average molecular weight is 446 g/mol. The van der Waals surface area contributed by atoms with Crippen LogP contribution in [0.15, 0.2) is 35.2 Å². The van der Waals surface area contributed by atoms with Crippen molar-refractivity contribution in [2.24, 2.45) is 0 Å². The van der Waals surface area contributed by atoms with Crippen LogP contribution in [0.25, 0.3) is 0 Å². The Labute approximate surface area is 182 Å². The third-order valence-corrected chi connectivity index (χ3v) is 7.47. The number of amides is 2. The second-order valence-electron chi connectivity index (χ2n) is 7.95. The quantitative estimate of drug-likeness (QED) is 0.708. The minimum atomic E-state index is -3.79. The maximum atomic E-state index is 13.1. The Balaban J connectivity index is 1.77. The van der Waals surface area contributed by atoms with Gasteiger partial charge in [-0.1, -0.05) is 6.07 Å². The lowest BCUT2D eigenvalue weighted by Gasteiger charge is -2.21. The number of nitrogens with zero attached hydrogens (tertiary/aromatic N) is 1. The molecule has 9 heteroatoms. The number of sulfone groups is 1. The molecular formula is C22H27N3O5S. The summed E-state index contributed by atoms with van der Waals surface area (Å²) in [6.45, 7) is 4.97. The third-order valence-electron chi connectivity index (χ3n) is 5.19. The monoisotopic (exact) mass is 445 g/mol. The minimum absolute atomic E-state index is 0.0907. The zero-order valence-corrected chi connectivity index (χ0v) is 19.1. The predicted octanol–water partition coefficient (Wildman–Crippen LogP) is 2.89. The highest BCUT2D eigenvalue weighted by molar-refractivity contribution is 7.92. The summed E-state index contributed by atoms with van der Waals surface area (Å²) in [5.41, 5.74) is 3.56. The van der Waals surface area contributed by atoms with E-state index >= 15 is 0 Å². The maximum absolute atomic E-state index is 13.1. The summed E-state index contributed by atoms with van der Waals surface area (Å²) >= 11 is 0. The molecule has 0 fully saturated rings. The van der Waals surface area contributed by atoms with Crippen molar-refractivity contribution in [1.82, 2.24) is 0 Å². The van der Waals surface area contributed by atoms with E-state index in [2.05, 4.69) is 10.6 Å². The first-order chi connectivity index (χ1) is 14.5. The van der Waals surface area contributed by atoms with Crippen LogP contribution in [0.5, 0.6) is 5.75 Å². The molecular weight excluding hydrogens is 418 g/mol. The van der Waals surface area contributed by atoms with Gasteiger partial charge in [-0.05, 0) is 50.1 Å². The zero-order valence-electron chi connectivity index (χ0n) is 18.3. The van der Waals surface area contributed by atoms with Crippen molar-refractivity contribution in [1.29, 1.82) is 0 Å². The van der Waals surface area contributed by atoms with Gasteiger partial charge in [-0.3, -0.25) is 9.59 Å². The molecule has 3 rings (SSSR count). The van der Waals surface area contributed by atoms with Crippen LogP contribution in [0, 0.1) is 13.8 Å². The Morgan fingerprint density at radius 3 is 2.58 bits per heavy atom. The van der Waals surface area contributed by atoms with Crippen LogP contribution in [0.2, 0.25) is 0 Å². The van der Waals surface area contributed by atoms with Gasteiger partial charge in [-0.25, -0.2) is 8.42 Å². The van der Waals surface area contributed by atoms with Crippen LogP contribution in [0.1, 0.15) is 24.5 Å². The Morgan fingerprint density at radius 2 is 1.90 bits per heavy atom. The molecule has 0 spiro atoms. The largest absolute Gasteiger partial charge is 0.482 e. The SMILES string of the molecule is Cc1ccc(NC(=O)C[C@H](C)S(=O)(=O)c2cc3c(cc2C)NC(=O)CO3)cc1N(C)C. The van der Waals surface area contributed by atoms with Crippen LogP contribution in [-0.4, -0.2) is 46.2 Å². The van der Waals surface area contributed by atoms with E-state index in [4.69, 9.17) is 4.74 Å². The van der Waals surface area contributed by atoms with E-state index < -0.39 is 15.1 Å². The van der Waals surface area contributed by atoms with E-state index in [0.29, 0.717) is 22.7 Å². The van der Waals surface area contributed by atoms with E-state index in [1.807, 2.05) is 38.1 Å². The molecule has 8 nitrogen and oxygen atoms in total. The zero-order chi connectivity index (χ0) is 22.9. The summed E-state index contributed by atoms with van der Waals surface area (Å²) in [4.78, 5) is 26.1. The molecule has 2 amide bonds. The number of fused-ring (bicyclic) bond motifs is 1. The molecule has 31 heavy (non-hydrogen) atoms. The summed E-state index contributed by atoms with van der Waals surface area (Å²) in [5, 5.41) is 4.50. The topological polar surface area (TPSA) is 105 Å². The molecule has 0 aliphatic carbocycles. The number of carbonyl (C=O) groups excluding carboxylic acids is 2. The lowest BCUT2D eigenvalue weighted by Crippen LogP contribution is -2.27. The molecule has 0 bridgehead atoms. The van der Waals surface area contributed by atoms with Crippen molar-refractivity contribution in [3.8, 4) is 5.75 Å². The van der Waals surface area contributed by atoms with Crippen molar-refractivity contribution in [3.63, 3.8) is 0 Å². The number of nitrogens with one attached hydrogen (secondary N) is 2. The number of aryl methyl sites for hydroxylation is 2. The lowest BCUT2D eigenvalue weighted by atomic mass is 10.1. The van der Waals surface area contributed by atoms with Gasteiger partial charge in [0, 0.05) is 38.0 Å². The first kappa shape index (κ1) is 22.6. The molecule has 0 aromatic heterocycles. The van der Waals surface area contributed by atoms with Crippen LogP contribution in [0.3, 0.4) is 0 Å². The van der Waals surface area contributed by atoms with Crippen molar-refractivity contribution in [3.05, 3.63) is 41.5 Å². The number of ether oxygens (including phenoxy) is 1. The van der Waals surface area contributed by atoms with Gasteiger partial charge in [0.05, 0.1) is 15.8 Å². The number of rotatable bonds is 6. The molecule has 0 unspecified atom stereocenters. The number of carbonyl (C=O) groups is 2. The molecule has 0 saturated heterocycles. The second-order valence-corrected chi connectivity index (χ2v) is 10.3. The fourth-order valence-electron chi connectivity index (χ4n) is 3.49. The van der Waals surface area contributed by atoms with E-state index in [9.17, 15) is 18.0 Å². The third kappa shape index (κ3) is 4.82. The predicted molar refractivity (Wildman–Crippen MR) is 121 cm³/mol. The Morgan fingerprint density at radius 1 is 1.19 bits per heavy atom. The van der Waals surface area contributed by atoms with Crippen LogP contribution < -0.4 is 20.3 Å². The van der Waals surface area contributed by atoms with Gasteiger partial charge >= 0.3 is 0 Å². The van der Waals surface area contributed by atoms with E-state index in [1.54, 1.807) is 19.1 Å². The van der Waals surface area contributed by atoms with Gasteiger partial charge in [0.15, 0.2) is 16.4 Å². The van der Waals surface area contributed by atoms with Crippen LogP contribution in [0.4, 0.5) is 17.1 Å². The van der Waals surface area contributed by atoms with Gasteiger partial charge in [0.1, 0.15) is 5.75 Å². The Bertz CT molecular complexity index is 1140. The van der Waals surface area contributed by atoms with Gasteiger partial charge in [0.2, 0.25) is 5.91 Å². The Hall–Kier alpha value is -3.07. The highest BCUT2D eigenvalue weighted by Crippen LogP contribution is 2.34. The second kappa shape index (κ2) is 8.58. The summed E-state index contributed by atoms with van der Waals surface area (Å²) in [6, 6.07) is 8.53. The van der Waals surface area contributed by atoms with Gasteiger partial charge in [-0.2, -0.15) is 0 Å². The van der Waals surface area contributed by atoms with Crippen molar-refractivity contribution in [2.75, 3.05) is 36.2 Å². The minimum Gasteiger partial charge on any atom is -0.482 e. The van der Waals surface area contributed by atoms with Gasteiger partial charge in [-0.15, -0.1) is 0 Å². The van der Waals surface area contributed by atoms with Crippen molar-refractivity contribution in [2.45, 2.75) is 37.3 Å². The molecule has 2 N–H and O–H groups in total. The maximum Gasteiger partial charge on any atom is 0.262 e. The highest BCUT2D eigenvalue weighted by atomic mass is 32.2. The van der Waals surface area contributed by atoms with Gasteiger partial charge < -0.3 is 20.3 Å². The average Bonchev–Trinajstić information content (AvgIpc) is 2.68. The smallest absolute Gasteiger partial charge is 0.262 e. The normalized spacial score (nSPS) is 14.2. The molecule has 1 atom stereocenters. The first-order valence-electron chi connectivity index (χ1n) is 9.88. The molecule has 1 aliphatic heterocycles. The van der Waals surface area contributed by atoms with Gasteiger partial charge in [0.25, 0.3) is 5.91 Å². The fourth-order valence-corrected chi connectivity index (χ4v) is 5.07. The highest BCUT2D eigenvalue weighted by Gasteiger charge is 2.29. The van der Waals surface area contributed by atoms with Crippen LogP contribution >= 0.6 is 0 Å². The summed E-state index contributed by atoms with van der Waals surface area (Å²) in [7, 11) is 0.0365. The molecule has 0 saturated carbocycles. The van der Waals surface area contributed by atoms with Crippen molar-refractivity contribution < 1.29 is 22.7 Å². The molecule has 166 valence electrons. The fraction of sp³-hybridized carbons (Fsp3) is 0.364. The number of hydrogen-bond donors (Lipinski definition) is 2. The van der Waals surface area contributed by atoms with E-state index in [0.717, 1.165) is 11.3 Å². The molecule has 2 aromatic rings. The summed E-state index contributed by atoms with van der Waals surface area (Å²) in [6.07, 6.45) is -0.193. The first-order valence-corrected chi connectivity index (χ1v) is 11.4. The standard InChI is InChI=1S/C22H27N3O5S/c1-13-6-7-16(10-18(13)25(4)5)23-21(26)9-15(3)31(28,29)20-11-19-17(8-14(20)2)24-22(27)12-30-19/h6-8,10-11,15H,9,12H2,1-5H3,(H,23,26)(H,24,27)/t15-/m0/s1. The van der Waals surface area contributed by atoms with E-state index in [1.165, 1.54) is 13.0 Å². The number of anilines is 3. The number of benzene rings is 2. The molecule has 1 aliphatic rings. The van der Waals surface area contributed by atoms with Crippen LogP contribution in [-0.2, 0) is 19.4 Å². The summed E-state index contributed by atoms with van der Waals surface area (Å²) in [5.74, 6) is -0.374. The molecule has 1 heterocycles. The van der Waals surface area contributed by atoms with E-state index in [-0.39, 0.29) is 29.7 Å². The number of hydrogen-bond acceptors (Lipinski definition) is 6.